The van der Waals surface area contributed by atoms with Crippen LogP contribution in [0, 0.1) is 5.92 Å². The standard InChI is InChI=1S/C8H9NO7/c1-2-5(10)3(6(11)12)4(7(13)14)9(2)8(15)16/h2-4H,1H3,(H,11,12)(H,13,14)(H,15,16). The van der Waals surface area contributed by atoms with E-state index in [1.807, 2.05) is 0 Å². The molecule has 0 aromatic carbocycles. The number of carboxylic acid groups (broad SMARTS) is 3. The van der Waals surface area contributed by atoms with Gasteiger partial charge in [0.15, 0.2) is 11.8 Å². The molecule has 0 saturated carbocycles. The molecule has 0 radical (unpaired) electrons. The number of aliphatic carboxylic acids is 2. The van der Waals surface area contributed by atoms with E-state index in [9.17, 15) is 19.2 Å². The van der Waals surface area contributed by atoms with Crippen molar-refractivity contribution in [3.05, 3.63) is 0 Å². The van der Waals surface area contributed by atoms with Gasteiger partial charge in [0, 0.05) is 0 Å². The van der Waals surface area contributed by atoms with Gasteiger partial charge in [-0.05, 0) is 6.92 Å². The first-order valence-electron chi connectivity index (χ1n) is 4.29. The van der Waals surface area contributed by atoms with E-state index >= 15 is 0 Å². The molecule has 0 spiro atoms. The highest BCUT2D eigenvalue weighted by Crippen LogP contribution is 2.27. The van der Waals surface area contributed by atoms with Crippen LogP contribution >= 0.6 is 0 Å². The van der Waals surface area contributed by atoms with Crippen LogP contribution in [-0.2, 0) is 14.4 Å². The lowest BCUT2D eigenvalue weighted by Gasteiger charge is -2.21. The van der Waals surface area contributed by atoms with Crippen LogP contribution in [0.25, 0.3) is 0 Å². The zero-order chi connectivity index (χ0) is 12.6. The minimum absolute atomic E-state index is 0.351. The highest BCUT2D eigenvalue weighted by molar-refractivity contribution is 6.09. The van der Waals surface area contributed by atoms with Crippen LogP contribution in [0.4, 0.5) is 4.79 Å². The van der Waals surface area contributed by atoms with E-state index in [1.165, 1.54) is 0 Å². The topological polar surface area (TPSA) is 132 Å². The molecule has 1 fully saturated rings. The monoisotopic (exact) mass is 231 g/mol. The lowest BCUT2D eigenvalue weighted by molar-refractivity contribution is -0.153. The van der Waals surface area contributed by atoms with Crippen LogP contribution in [-0.4, -0.2) is 56.1 Å². The molecular formula is C8H9NO7. The Labute approximate surface area is 89.1 Å². The summed E-state index contributed by atoms with van der Waals surface area (Å²) in [4.78, 5) is 44.1. The van der Waals surface area contributed by atoms with Gasteiger partial charge in [0.05, 0.1) is 6.04 Å². The van der Waals surface area contributed by atoms with Crippen molar-refractivity contribution >= 4 is 23.8 Å². The highest BCUT2D eigenvalue weighted by atomic mass is 16.4. The van der Waals surface area contributed by atoms with Gasteiger partial charge in [-0.1, -0.05) is 0 Å². The Hall–Kier alpha value is -2.12. The lowest BCUT2D eigenvalue weighted by atomic mass is 9.98. The Balaban J connectivity index is 3.22. The average Bonchev–Trinajstić information content (AvgIpc) is 2.39. The molecule has 3 unspecified atom stereocenters. The number of likely N-dealkylation sites (tertiary alicyclic amines) is 1. The van der Waals surface area contributed by atoms with Gasteiger partial charge in [0.25, 0.3) is 0 Å². The molecule has 1 amide bonds. The molecule has 16 heavy (non-hydrogen) atoms. The Kier molecular flexibility index (Phi) is 2.84. The first-order valence-corrected chi connectivity index (χ1v) is 4.29. The number of hydrogen-bond acceptors (Lipinski definition) is 4. The van der Waals surface area contributed by atoms with Gasteiger partial charge in [0.2, 0.25) is 0 Å². The predicted octanol–water partition coefficient (Wildman–Crippen LogP) is -0.908. The maximum Gasteiger partial charge on any atom is 0.408 e. The van der Waals surface area contributed by atoms with Gasteiger partial charge in [-0.15, -0.1) is 0 Å². The molecular weight excluding hydrogens is 222 g/mol. The van der Waals surface area contributed by atoms with Crippen molar-refractivity contribution in [2.24, 2.45) is 5.92 Å². The Morgan fingerprint density at radius 3 is 1.94 bits per heavy atom. The van der Waals surface area contributed by atoms with Gasteiger partial charge in [-0.25, -0.2) is 9.59 Å². The molecule has 0 aromatic heterocycles. The number of rotatable bonds is 2. The molecule has 88 valence electrons. The number of carboxylic acids is 2. The Morgan fingerprint density at radius 2 is 1.62 bits per heavy atom. The number of ketones is 1. The maximum atomic E-state index is 11.4. The molecule has 1 aliphatic heterocycles. The van der Waals surface area contributed by atoms with E-state index in [1.54, 1.807) is 0 Å². The Morgan fingerprint density at radius 1 is 1.12 bits per heavy atom. The summed E-state index contributed by atoms with van der Waals surface area (Å²) in [6, 6.07) is -3.13. The molecule has 1 aliphatic rings. The van der Waals surface area contributed by atoms with Crippen molar-refractivity contribution in [1.82, 2.24) is 4.90 Å². The van der Waals surface area contributed by atoms with Crippen molar-refractivity contribution in [3.63, 3.8) is 0 Å². The van der Waals surface area contributed by atoms with Gasteiger partial charge in [-0.2, -0.15) is 0 Å². The highest BCUT2D eigenvalue weighted by Gasteiger charge is 2.55. The second kappa shape index (κ2) is 3.80. The van der Waals surface area contributed by atoms with Crippen LogP contribution in [0.5, 0.6) is 0 Å². The smallest absolute Gasteiger partial charge is 0.408 e. The normalized spacial score (nSPS) is 29.2. The van der Waals surface area contributed by atoms with Gasteiger partial charge < -0.3 is 15.3 Å². The van der Waals surface area contributed by atoms with Crippen LogP contribution in [0.3, 0.4) is 0 Å². The number of Topliss-reactive ketones (excluding diaryl/α,β-unsaturated/α-hetero) is 1. The van der Waals surface area contributed by atoms with Gasteiger partial charge in [0.1, 0.15) is 5.92 Å². The zero-order valence-corrected chi connectivity index (χ0v) is 8.15. The summed E-state index contributed by atoms with van der Waals surface area (Å²) >= 11 is 0. The van der Waals surface area contributed by atoms with Crippen LogP contribution < -0.4 is 0 Å². The van der Waals surface area contributed by atoms with Crippen molar-refractivity contribution in [2.45, 2.75) is 19.0 Å². The minimum atomic E-state index is -1.86. The van der Waals surface area contributed by atoms with Crippen molar-refractivity contribution in [1.29, 1.82) is 0 Å². The fourth-order valence-corrected chi connectivity index (χ4v) is 1.76. The minimum Gasteiger partial charge on any atom is -0.481 e. The summed E-state index contributed by atoms with van der Waals surface area (Å²) in [7, 11) is 0. The van der Waals surface area contributed by atoms with Gasteiger partial charge in [-0.3, -0.25) is 14.5 Å². The van der Waals surface area contributed by atoms with E-state index in [0.29, 0.717) is 4.90 Å². The largest absolute Gasteiger partial charge is 0.481 e. The molecule has 0 aliphatic carbocycles. The average molecular weight is 231 g/mol. The molecule has 1 heterocycles. The molecule has 0 aromatic rings. The number of carbonyl (C=O) groups excluding carboxylic acids is 1. The molecule has 1 saturated heterocycles. The molecule has 3 N–H and O–H groups in total. The SMILES string of the molecule is CC1C(=O)C(C(=O)O)C(C(=O)O)N1C(=O)O. The van der Waals surface area contributed by atoms with Crippen molar-refractivity contribution in [3.8, 4) is 0 Å². The summed E-state index contributed by atoms with van der Waals surface area (Å²) in [5, 5.41) is 26.2. The fourth-order valence-electron chi connectivity index (χ4n) is 1.76. The first kappa shape index (κ1) is 12.0. The maximum absolute atomic E-state index is 11.4. The molecule has 8 heteroatoms. The number of carbonyl (C=O) groups is 4. The third-order valence-corrected chi connectivity index (χ3v) is 2.49. The van der Waals surface area contributed by atoms with Gasteiger partial charge >= 0.3 is 18.0 Å². The van der Waals surface area contributed by atoms with Crippen molar-refractivity contribution < 1.29 is 34.5 Å². The summed E-state index contributed by atoms with van der Waals surface area (Å²) in [6.07, 6.45) is -1.63. The van der Waals surface area contributed by atoms with Crippen LogP contribution in [0.1, 0.15) is 6.92 Å². The summed E-state index contributed by atoms with van der Waals surface area (Å²) in [5.41, 5.74) is 0. The lowest BCUT2D eigenvalue weighted by Crippen LogP contribution is -2.46. The van der Waals surface area contributed by atoms with Crippen LogP contribution in [0.15, 0.2) is 0 Å². The van der Waals surface area contributed by atoms with E-state index in [2.05, 4.69) is 0 Å². The summed E-state index contributed by atoms with van der Waals surface area (Å²) in [6.45, 7) is 1.16. The molecule has 1 rings (SSSR count). The van der Waals surface area contributed by atoms with E-state index < -0.39 is 41.8 Å². The second-order valence-electron chi connectivity index (χ2n) is 3.37. The molecule has 0 bridgehead atoms. The molecule has 3 atom stereocenters. The predicted molar refractivity (Wildman–Crippen MR) is 46.9 cm³/mol. The third-order valence-electron chi connectivity index (χ3n) is 2.49. The quantitative estimate of drug-likeness (QED) is 0.524. The van der Waals surface area contributed by atoms with E-state index in [4.69, 9.17) is 15.3 Å². The third kappa shape index (κ3) is 1.58. The number of nitrogens with zero attached hydrogens (tertiary/aromatic N) is 1. The van der Waals surface area contributed by atoms with Crippen molar-refractivity contribution in [2.75, 3.05) is 0 Å². The molecule has 8 nitrogen and oxygen atoms in total. The first-order chi connectivity index (χ1) is 7.29. The van der Waals surface area contributed by atoms with E-state index in [0.717, 1.165) is 6.92 Å². The zero-order valence-electron chi connectivity index (χ0n) is 8.15. The Bertz CT molecular complexity index is 377. The summed E-state index contributed by atoms with van der Waals surface area (Å²) in [5.74, 6) is -6.04. The second-order valence-corrected chi connectivity index (χ2v) is 3.37. The summed E-state index contributed by atoms with van der Waals surface area (Å²) < 4.78 is 0. The number of amides is 1. The van der Waals surface area contributed by atoms with Crippen LogP contribution in [0.2, 0.25) is 0 Å². The van der Waals surface area contributed by atoms with E-state index in [-0.39, 0.29) is 0 Å². The number of hydrogen-bond donors (Lipinski definition) is 3. The fraction of sp³-hybridized carbons (Fsp3) is 0.500.